The van der Waals surface area contributed by atoms with E-state index in [1.54, 1.807) is 0 Å². The number of nitrogens with one attached hydrogen (secondary N) is 1. The summed E-state index contributed by atoms with van der Waals surface area (Å²) >= 11 is 3.42. The quantitative estimate of drug-likeness (QED) is 0.799. The fourth-order valence-corrected chi connectivity index (χ4v) is 4.19. The zero-order valence-corrected chi connectivity index (χ0v) is 15.3. The van der Waals surface area contributed by atoms with E-state index in [2.05, 4.69) is 21.2 Å². The largest absolute Gasteiger partial charge is 0.325 e. The summed E-state index contributed by atoms with van der Waals surface area (Å²) in [6.45, 7) is 2.14. The maximum absolute atomic E-state index is 12.4. The molecule has 0 aromatic heterocycles. The second-order valence-electron chi connectivity index (χ2n) is 6.61. The first-order chi connectivity index (χ1) is 11.5. The molecule has 2 fully saturated rings. The van der Waals surface area contributed by atoms with Gasteiger partial charge in [-0.3, -0.25) is 19.3 Å². The van der Waals surface area contributed by atoms with Crippen LogP contribution in [0.25, 0.3) is 0 Å². The van der Waals surface area contributed by atoms with E-state index in [4.69, 9.17) is 0 Å². The number of carbonyl (C=O) groups excluding carboxylic acids is 3. The molecule has 1 aliphatic heterocycles. The maximum Gasteiger partial charge on any atom is 0.233 e. The summed E-state index contributed by atoms with van der Waals surface area (Å²) in [5, 5.41) is 2.82. The van der Waals surface area contributed by atoms with Crippen molar-refractivity contribution in [3.8, 4) is 0 Å². The second-order valence-corrected chi connectivity index (χ2v) is 7.46. The molecule has 0 radical (unpaired) electrons. The van der Waals surface area contributed by atoms with Gasteiger partial charge < -0.3 is 5.32 Å². The Labute approximate surface area is 149 Å². The first-order valence-corrected chi connectivity index (χ1v) is 9.18. The van der Waals surface area contributed by atoms with E-state index in [1.807, 2.05) is 25.1 Å². The van der Waals surface area contributed by atoms with Crippen LogP contribution in [0.5, 0.6) is 0 Å². The number of carbonyl (C=O) groups is 3. The van der Waals surface area contributed by atoms with Crippen molar-refractivity contribution in [2.75, 3.05) is 11.9 Å². The number of likely N-dealkylation sites (tertiary alicyclic amines) is 1. The molecular formula is C18H21BrN2O3. The molecule has 1 aliphatic carbocycles. The van der Waals surface area contributed by atoms with Crippen LogP contribution < -0.4 is 5.32 Å². The molecule has 2 aliphatic rings. The lowest BCUT2D eigenvalue weighted by Gasteiger charge is -2.19. The second kappa shape index (κ2) is 7.05. The highest BCUT2D eigenvalue weighted by atomic mass is 79.9. The highest BCUT2D eigenvalue weighted by Gasteiger charge is 2.47. The Morgan fingerprint density at radius 2 is 1.83 bits per heavy atom. The number of nitrogens with zero attached hydrogens (tertiary/aromatic N) is 1. The summed E-state index contributed by atoms with van der Waals surface area (Å²) in [5.74, 6) is -0.681. The van der Waals surface area contributed by atoms with E-state index in [0.717, 1.165) is 35.7 Å². The Morgan fingerprint density at radius 1 is 1.21 bits per heavy atom. The minimum atomic E-state index is -0.199. The van der Waals surface area contributed by atoms with Crippen molar-refractivity contribution in [1.82, 2.24) is 4.90 Å². The molecule has 5 nitrogen and oxygen atoms in total. The van der Waals surface area contributed by atoms with E-state index in [-0.39, 0.29) is 42.5 Å². The van der Waals surface area contributed by atoms with Gasteiger partial charge in [0.05, 0.1) is 17.5 Å². The zero-order chi connectivity index (χ0) is 17.3. The van der Waals surface area contributed by atoms with Gasteiger partial charge >= 0.3 is 0 Å². The number of aryl methyl sites for hydroxylation is 1. The lowest BCUT2D eigenvalue weighted by molar-refractivity contribution is -0.140. The molecule has 0 bridgehead atoms. The summed E-state index contributed by atoms with van der Waals surface area (Å²) in [4.78, 5) is 38.2. The molecule has 1 N–H and O–H groups in total. The number of hydrogen-bond acceptors (Lipinski definition) is 3. The molecule has 0 spiro atoms. The van der Waals surface area contributed by atoms with Gasteiger partial charge in [-0.25, -0.2) is 0 Å². The number of rotatable bonds is 4. The predicted molar refractivity (Wildman–Crippen MR) is 94.3 cm³/mol. The average Bonchev–Trinajstić information content (AvgIpc) is 2.80. The molecule has 2 unspecified atom stereocenters. The molecule has 1 saturated carbocycles. The van der Waals surface area contributed by atoms with Crippen LogP contribution >= 0.6 is 15.9 Å². The molecule has 1 aromatic rings. The topological polar surface area (TPSA) is 66.5 Å². The number of amides is 3. The fourth-order valence-electron chi connectivity index (χ4n) is 3.60. The zero-order valence-electron chi connectivity index (χ0n) is 13.7. The highest BCUT2D eigenvalue weighted by Crippen LogP contribution is 2.38. The van der Waals surface area contributed by atoms with Crippen LogP contribution in [-0.4, -0.2) is 29.2 Å². The first-order valence-electron chi connectivity index (χ1n) is 8.38. The van der Waals surface area contributed by atoms with E-state index in [0.29, 0.717) is 5.69 Å². The average molecular weight is 393 g/mol. The first kappa shape index (κ1) is 17.1. The Morgan fingerprint density at radius 3 is 2.42 bits per heavy atom. The van der Waals surface area contributed by atoms with E-state index >= 15 is 0 Å². The Bertz CT molecular complexity index is 665. The standard InChI is InChI=1S/C18H21BrN2O3/c1-11-6-7-15(14(19)10-11)20-16(22)8-9-21-17(23)12-4-2-3-5-13(12)18(21)24/h6-7,10,12-13H,2-5,8-9H2,1H3,(H,20,22). The minimum Gasteiger partial charge on any atom is -0.325 e. The van der Waals surface area contributed by atoms with Crippen molar-refractivity contribution in [2.45, 2.75) is 39.0 Å². The number of fused-ring (bicyclic) bond motifs is 1. The molecule has 128 valence electrons. The van der Waals surface area contributed by atoms with Gasteiger partial charge in [-0.1, -0.05) is 18.9 Å². The van der Waals surface area contributed by atoms with Crippen LogP contribution in [0.2, 0.25) is 0 Å². The van der Waals surface area contributed by atoms with Gasteiger partial charge in [-0.15, -0.1) is 0 Å². The monoisotopic (exact) mass is 392 g/mol. The predicted octanol–water partition coefficient (Wildman–Crippen LogP) is 3.26. The number of halogens is 1. The maximum atomic E-state index is 12.4. The SMILES string of the molecule is Cc1ccc(NC(=O)CCN2C(=O)C3CCCCC3C2=O)c(Br)c1. The summed E-state index contributed by atoms with van der Waals surface area (Å²) in [6, 6.07) is 5.67. The van der Waals surface area contributed by atoms with Crippen molar-refractivity contribution in [2.24, 2.45) is 11.8 Å². The van der Waals surface area contributed by atoms with Gasteiger partial charge in [0, 0.05) is 17.4 Å². The van der Waals surface area contributed by atoms with Crippen LogP contribution in [0.4, 0.5) is 5.69 Å². The molecule has 3 amide bonds. The van der Waals surface area contributed by atoms with Crippen LogP contribution in [-0.2, 0) is 14.4 Å². The fraction of sp³-hybridized carbons (Fsp3) is 0.500. The molecule has 1 heterocycles. The number of anilines is 1. The van der Waals surface area contributed by atoms with Gasteiger partial charge in [0.25, 0.3) is 0 Å². The molecule has 1 saturated heterocycles. The molecule has 24 heavy (non-hydrogen) atoms. The van der Waals surface area contributed by atoms with E-state index in [9.17, 15) is 14.4 Å². The summed E-state index contributed by atoms with van der Waals surface area (Å²) in [7, 11) is 0. The normalized spacial score (nSPS) is 23.3. The van der Waals surface area contributed by atoms with Gasteiger partial charge in [-0.2, -0.15) is 0 Å². The molecule has 6 heteroatoms. The summed E-state index contributed by atoms with van der Waals surface area (Å²) in [5.41, 5.74) is 1.79. The van der Waals surface area contributed by atoms with Gasteiger partial charge in [0.15, 0.2) is 0 Å². The molecule has 3 rings (SSSR count). The number of imide groups is 1. The third-order valence-electron chi connectivity index (χ3n) is 4.89. The Balaban J connectivity index is 1.58. The smallest absolute Gasteiger partial charge is 0.233 e. The summed E-state index contributed by atoms with van der Waals surface area (Å²) in [6.07, 6.45) is 3.74. The highest BCUT2D eigenvalue weighted by molar-refractivity contribution is 9.10. The van der Waals surface area contributed by atoms with Crippen molar-refractivity contribution in [3.05, 3.63) is 28.2 Å². The van der Waals surface area contributed by atoms with E-state index < -0.39 is 0 Å². The molecular weight excluding hydrogens is 372 g/mol. The molecule has 1 aromatic carbocycles. The number of hydrogen-bond donors (Lipinski definition) is 1. The van der Waals surface area contributed by atoms with Gasteiger partial charge in [-0.05, 0) is 53.4 Å². The van der Waals surface area contributed by atoms with Crippen LogP contribution in [0.3, 0.4) is 0 Å². The van der Waals surface area contributed by atoms with Crippen molar-refractivity contribution < 1.29 is 14.4 Å². The van der Waals surface area contributed by atoms with Gasteiger partial charge in [0.2, 0.25) is 17.7 Å². The Kier molecular flexibility index (Phi) is 5.04. The molecule has 2 atom stereocenters. The summed E-state index contributed by atoms with van der Waals surface area (Å²) < 4.78 is 0.815. The van der Waals surface area contributed by atoms with Crippen LogP contribution in [0, 0.1) is 18.8 Å². The number of benzene rings is 1. The lowest BCUT2D eigenvalue weighted by Crippen LogP contribution is -2.34. The Hall–Kier alpha value is -1.69. The minimum absolute atomic E-state index is 0.0889. The van der Waals surface area contributed by atoms with Crippen molar-refractivity contribution in [1.29, 1.82) is 0 Å². The van der Waals surface area contributed by atoms with Crippen LogP contribution in [0.15, 0.2) is 22.7 Å². The van der Waals surface area contributed by atoms with Gasteiger partial charge in [0.1, 0.15) is 0 Å². The third-order valence-corrected chi connectivity index (χ3v) is 5.55. The van der Waals surface area contributed by atoms with Crippen LogP contribution in [0.1, 0.15) is 37.7 Å². The van der Waals surface area contributed by atoms with Crippen molar-refractivity contribution in [3.63, 3.8) is 0 Å². The van der Waals surface area contributed by atoms with E-state index in [1.165, 1.54) is 4.90 Å². The third kappa shape index (κ3) is 3.38. The lowest BCUT2D eigenvalue weighted by atomic mass is 9.81. The van der Waals surface area contributed by atoms with Crippen molar-refractivity contribution >= 4 is 39.3 Å².